The fraction of sp³-hybridized carbons (Fsp3) is 0.500. The molecule has 1 amide bonds. The molecule has 0 saturated carbocycles. The van der Waals surface area contributed by atoms with E-state index in [1.807, 2.05) is 18.2 Å². The van der Waals surface area contributed by atoms with Gasteiger partial charge in [-0.2, -0.15) is 0 Å². The number of carbonyl (C=O) groups excluding carboxylic acids is 1. The number of benzene rings is 1. The maximum absolute atomic E-state index is 13.0. The third-order valence-electron chi connectivity index (χ3n) is 5.28. The fourth-order valence-electron chi connectivity index (χ4n) is 3.94. The summed E-state index contributed by atoms with van der Waals surface area (Å²) in [7, 11) is 1.62. The van der Waals surface area contributed by atoms with Crippen LogP contribution < -0.4 is 4.74 Å². The average Bonchev–Trinajstić information content (AvgIpc) is 3.32. The van der Waals surface area contributed by atoms with Crippen molar-refractivity contribution in [3.05, 3.63) is 30.0 Å². The van der Waals surface area contributed by atoms with Crippen LogP contribution in [-0.4, -0.2) is 71.2 Å². The van der Waals surface area contributed by atoms with Gasteiger partial charge in [-0.1, -0.05) is 0 Å². The molecule has 3 heterocycles. The van der Waals surface area contributed by atoms with Crippen molar-refractivity contribution in [1.29, 1.82) is 0 Å². The minimum absolute atomic E-state index is 0.0322. The lowest BCUT2D eigenvalue weighted by Gasteiger charge is -2.25. The first-order valence-electron chi connectivity index (χ1n) is 8.54. The van der Waals surface area contributed by atoms with Crippen LogP contribution in [0.5, 0.6) is 5.75 Å². The second-order valence-electron chi connectivity index (χ2n) is 6.70. The van der Waals surface area contributed by atoms with Gasteiger partial charge in [-0.15, -0.1) is 0 Å². The molecule has 2 N–H and O–H groups in total. The number of H-pyrrole nitrogens is 1. The Balaban J connectivity index is 1.58. The van der Waals surface area contributed by atoms with Crippen LogP contribution in [0.25, 0.3) is 10.9 Å². The molecule has 0 radical (unpaired) electrons. The predicted molar refractivity (Wildman–Crippen MR) is 91.4 cm³/mol. The highest BCUT2D eigenvalue weighted by Gasteiger charge is 2.39. The number of aliphatic hydroxyl groups excluding tert-OH is 1. The minimum atomic E-state index is -0.466. The number of nitrogens with zero attached hydrogens (tertiary/aromatic N) is 2. The predicted octanol–water partition coefficient (Wildman–Crippen LogP) is 1.46. The fourth-order valence-corrected chi connectivity index (χ4v) is 3.94. The van der Waals surface area contributed by atoms with Crippen LogP contribution >= 0.6 is 0 Å². The van der Waals surface area contributed by atoms with E-state index in [-0.39, 0.29) is 11.9 Å². The van der Waals surface area contributed by atoms with E-state index in [0.717, 1.165) is 29.7 Å². The van der Waals surface area contributed by atoms with Crippen LogP contribution in [0.4, 0.5) is 0 Å². The molecule has 2 aromatic rings. The number of β-amino-alcohol motifs (C(OH)–C–C–N with tert-alkyl or cyclic N) is 1. The molecule has 0 bridgehead atoms. The molecule has 2 atom stereocenters. The number of fused-ring (bicyclic) bond motifs is 1. The molecule has 4 rings (SSSR count). The number of amides is 1. The third kappa shape index (κ3) is 2.56. The summed E-state index contributed by atoms with van der Waals surface area (Å²) in [5.41, 5.74) is 1.55. The van der Waals surface area contributed by atoms with Crippen molar-refractivity contribution in [2.45, 2.75) is 25.0 Å². The molecule has 1 aromatic heterocycles. The lowest BCUT2D eigenvalue weighted by atomic mass is 10.1. The van der Waals surface area contributed by atoms with Crippen molar-refractivity contribution in [3.8, 4) is 5.75 Å². The van der Waals surface area contributed by atoms with Gasteiger partial charge in [0.05, 0.1) is 24.8 Å². The Morgan fingerprint density at radius 3 is 2.83 bits per heavy atom. The lowest BCUT2D eigenvalue weighted by molar-refractivity contribution is 0.0765. The lowest BCUT2D eigenvalue weighted by Crippen LogP contribution is -2.41. The summed E-state index contributed by atoms with van der Waals surface area (Å²) >= 11 is 0. The molecule has 0 spiro atoms. The second kappa shape index (κ2) is 6.11. The molecule has 6 nitrogen and oxygen atoms in total. The number of carbonyl (C=O) groups is 1. The Morgan fingerprint density at radius 1 is 1.29 bits per heavy atom. The smallest absolute Gasteiger partial charge is 0.256 e. The van der Waals surface area contributed by atoms with Crippen molar-refractivity contribution in [2.75, 3.05) is 33.3 Å². The molecule has 2 aliphatic rings. The number of aliphatic hydroxyl groups is 1. The standard InChI is InChI=1S/C18H23N3O3/c1-24-12-4-5-15-13(8-12)14(9-19-15)18(23)21-10-16(17(22)11-21)20-6-2-3-7-20/h4-5,8-9,16-17,19,22H,2-3,6-7,10-11H2,1H3/t16-,17-/m1/s1. The van der Waals surface area contributed by atoms with Crippen molar-refractivity contribution in [3.63, 3.8) is 0 Å². The number of rotatable bonds is 3. The van der Waals surface area contributed by atoms with Crippen molar-refractivity contribution in [1.82, 2.24) is 14.8 Å². The first-order chi connectivity index (χ1) is 11.7. The summed E-state index contributed by atoms with van der Waals surface area (Å²) in [5, 5.41) is 11.3. The molecule has 128 valence electrons. The van der Waals surface area contributed by atoms with E-state index in [4.69, 9.17) is 4.74 Å². The van der Waals surface area contributed by atoms with Gasteiger partial charge in [0.2, 0.25) is 0 Å². The van der Waals surface area contributed by atoms with Crippen molar-refractivity contribution >= 4 is 16.8 Å². The first kappa shape index (κ1) is 15.5. The molecule has 0 aliphatic carbocycles. The van der Waals surface area contributed by atoms with Gasteiger partial charge in [-0.05, 0) is 44.1 Å². The van der Waals surface area contributed by atoms with E-state index in [1.54, 1.807) is 18.2 Å². The van der Waals surface area contributed by atoms with Crippen LogP contribution in [0, 0.1) is 0 Å². The summed E-state index contributed by atoms with van der Waals surface area (Å²) in [4.78, 5) is 20.2. The quantitative estimate of drug-likeness (QED) is 0.894. The SMILES string of the molecule is COc1ccc2[nH]cc(C(=O)N3C[C@@H](O)[C@H](N4CCCC4)C3)c2c1. The molecule has 1 aromatic carbocycles. The third-order valence-corrected chi connectivity index (χ3v) is 5.28. The number of hydrogen-bond acceptors (Lipinski definition) is 4. The minimum Gasteiger partial charge on any atom is -0.497 e. The molecule has 2 aliphatic heterocycles. The first-order valence-corrected chi connectivity index (χ1v) is 8.54. The highest BCUT2D eigenvalue weighted by molar-refractivity contribution is 6.07. The van der Waals surface area contributed by atoms with E-state index >= 15 is 0 Å². The normalized spacial score (nSPS) is 24.8. The van der Waals surface area contributed by atoms with E-state index in [1.165, 1.54) is 12.8 Å². The number of likely N-dealkylation sites (tertiary alicyclic amines) is 2. The summed E-state index contributed by atoms with van der Waals surface area (Å²) in [5.74, 6) is 0.697. The Morgan fingerprint density at radius 2 is 2.08 bits per heavy atom. The van der Waals surface area contributed by atoms with Crippen molar-refractivity contribution < 1.29 is 14.6 Å². The number of nitrogens with one attached hydrogen (secondary N) is 1. The van der Waals surface area contributed by atoms with Gasteiger partial charge in [-0.25, -0.2) is 0 Å². The van der Waals surface area contributed by atoms with E-state index < -0.39 is 6.10 Å². The number of aromatic nitrogens is 1. The molecular formula is C18H23N3O3. The Hall–Kier alpha value is -2.05. The second-order valence-corrected chi connectivity index (χ2v) is 6.70. The maximum atomic E-state index is 13.0. The van der Waals surface area contributed by atoms with E-state index in [9.17, 15) is 9.90 Å². The van der Waals surface area contributed by atoms with Gasteiger partial charge >= 0.3 is 0 Å². The zero-order valence-corrected chi connectivity index (χ0v) is 13.9. The summed E-state index contributed by atoms with van der Waals surface area (Å²) in [6.07, 6.45) is 3.65. The molecule has 24 heavy (non-hydrogen) atoms. The zero-order chi connectivity index (χ0) is 16.7. The highest BCUT2D eigenvalue weighted by Crippen LogP contribution is 2.27. The zero-order valence-electron chi connectivity index (χ0n) is 13.9. The van der Waals surface area contributed by atoms with Gasteiger partial charge in [0.15, 0.2) is 0 Å². The number of methoxy groups -OCH3 is 1. The topological polar surface area (TPSA) is 68.8 Å². The van der Waals surface area contributed by atoms with E-state index in [2.05, 4.69) is 9.88 Å². The average molecular weight is 329 g/mol. The molecule has 2 fully saturated rings. The van der Waals surface area contributed by atoms with Gasteiger partial charge in [0.25, 0.3) is 5.91 Å². The summed E-state index contributed by atoms with van der Waals surface area (Å²) in [6, 6.07) is 5.73. The largest absolute Gasteiger partial charge is 0.497 e. The van der Waals surface area contributed by atoms with Gasteiger partial charge in [-0.3, -0.25) is 9.69 Å². The van der Waals surface area contributed by atoms with Gasteiger partial charge in [0.1, 0.15) is 5.75 Å². The molecule has 6 heteroatoms. The number of ether oxygens (including phenoxy) is 1. The molecule has 0 unspecified atom stereocenters. The highest BCUT2D eigenvalue weighted by atomic mass is 16.5. The summed E-state index contributed by atoms with van der Waals surface area (Å²) in [6.45, 7) is 3.04. The monoisotopic (exact) mass is 329 g/mol. The Labute approximate surface area is 141 Å². The van der Waals surface area contributed by atoms with Crippen LogP contribution in [0.3, 0.4) is 0 Å². The van der Waals surface area contributed by atoms with Crippen LogP contribution in [0.1, 0.15) is 23.2 Å². The van der Waals surface area contributed by atoms with Gasteiger partial charge in [0, 0.05) is 30.2 Å². The van der Waals surface area contributed by atoms with Crippen molar-refractivity contribution in [2.24, 2.45) is 0 Å². The summed E-state index contributed by atoms with van der Waals surface area (Å²) < 4.78 is 5.27. The van der Waals surface area contributed by atoms with Gasteiger partial charge < -0.3 is 19.7 Å². The van der Waals surface area contributed by atoms with E-state index in [0.29, 0.717) is 18.7 Å². The van der Waals surface area contributed by atoms with Crippen LogP contribution in [0.2, 0.25) is 0 Å². The molecular weight excluding hydrogens is 306 g/mol. The van der Waals surface area contributed by atoms with Crippen LogP contribution in [0.15, 0.2) is 24.4 Å². The maximum Gasteiger partial charge on any atom is 0.256 e. The number of aromatic amines is 1. The Kier molecular flexibility index (Phi) is 3.94. The van der Waals surface area contributed by atoms with Crippen LogP contribution in [-0.2, 0) is 0 Å². The molecule has 2 saturated heterocycles. The Bertz CT molecular complexity index is 751. The number of hydrogen-bond donors (Lipinski definition) is 2.